The molecule has 5 nitrogen and oxygen atoms in total. The van der Waals surface area contributed by atoms with E-state index in [1.54, 1.807) is 18.6 Å². The van der Waals surface area contributed by atoms with Gasteiger partial charge in [-0.25, -0.2) is 0 Å². The van der Waals surface area contributed by atoms with Crippen LogP contribution in [-0.2, 0) is 4.74 Å². The molecule has 20 heavy (non-hydrogen) atoms. The van der Waals surface area contributed by atoms with Crippen molar-refractivity contribution in [3.05, 3.63) is 47.1 Å². The van der Waals surface area contributed by atoms with E-state index in [4.69, 9.17) is 4.74 Å². The van der Waals surface area contributed by atoms with Crippen molar-refractivity contribution in [2.45, 2.75) is 13.0 Å². The van der Waals surface area contributed by atoms with E-state index in [0.717, 1.165) is 17.7 Å². The van der Waals surface area contributed by atoms with Crippen molar-refractivity contribution in [2.75, 3.05) is 24.7 Å². The lowest BCUT2D eigenvalue weighted by atomic mass is 10.1. The van der Waals surface area contributed by atoms with Crippen LogP contribution in [0.3, 0.4) is 0 Å². The average Bonchev–Trinajstić information content (AvgIpc) is 2.49. The molecule has 0 bridgehead atoms. The number of aromatic amines is 1. The third-order valence-electron chi connectivity index (χ3n) is 3.57. The fraction of sp³-hybridized carbons (Fsp3) is 0.333. The molecule has 1 aliphatic heterocycles. The van der Waals surface area contributed by atoms with Crippen LogP contribution in [-0.4, -0.2) is 35.8 Å². The fourth-order valence-corrected chi connectivity index (χ4v) is 2.48. The maximum Gasteiger partial charge on any atom is 0.271 e. The second-order valence-corrected chi connectivity index (χ2v) is 4.96. The third kappa shape index (κ3) is 2.44. The molecule has 1 atom stereocenters. The standard InChI is InChI=1S/C15H17N3O2/c1-11-10-20-7-6-18(11)14-8-13(9-17-15(14)19)12-2-4-16-5-3-12/h2-5,8-9,11H,6-7,10H2,1H3,(H,17,19). The highest BCUT2D eigenvalue weighted by Gasteiger charge is 2.21. The first-order valence-corrected chi connectivity index (χ1v) is 6.73. The molecule has 3 rings (SSSR count). The molecule has 0 spiro atoms. The summed E-state index contributed by atoms with van der Waals surface area (Å²) in [6.45, 7) is 4.12. The Balaban J connectivity index is 2.01. The van der Waals surface area contributed by atoms with Crippen molar-refractivity contribution in [3.8, 4) is 11.1 Å². The summed E-state index contributed by atoms with van der Waals surface area (Å²) in [6, 6.07) is 6.01. The Morgan fingerprint density at radius 3 is 2.90 bits per heavy atom. The number of pyridine rings is 2. The zero-order chi connectivity index (χ0) is 13.9. The number of nitrogens with zero attached hydrogens (tertiary/aromatic N) is 2. The van der Waals surface area contributed by atoms with Gasteiger partial charge in [0.1, 0.15) is 5.69 Å². The second-order valence-electron chi connectivity index (χ2n) is 4.96. The minimum absolute atomic E-state index is 0.0587. The summed E-state index contributed by atoms with van der Waals surface area (Å²) < 4.78 is 5.43. The van der Waals surface area contributed by atoms with Gasteiger partial charge in [0.25, 0.3) is 5.56 Å². The Morgan fingerprint density at radius 2 is 2.15 bits per heavy atom. The molecule has 0 aromatic carbocycles. The summed E-state index contributed by atoms with van der Waals surface area (Å²) in [5.74, 6) is 0. The lowest BCUT2D eigenvalue weighted by molar-refractivity contribution is 0.0988. The molecule has 104 valence electrons. The molecule has 1 fully saturated rings. The van der Waals surface area contributed by atoms with Crippen LogP contribution in [0.25, 0.3) is 11.1 Å². The van der Waals surface area contributed by atoms with Crippen molar-refractivity contribution < 1.29 is 4.74 Å². The molecule has 1 saturated heterocycles. The quantitative estimate of drug-likeness (QED) is 0.902. The highest BCUT2D eigenvalue weighted by atomic mass is 16.5. The van der Waals surface area contributed by atoms with Crippen molar-refractivity contribution in [3.63, 3.8) is 0 Å². The number of hydrogen-bond acceptors (Lipinski definition) is 4. The van der Waals surface area contributed by atoms with Crippen LogP contribution in [0.1, 0.15) is 6.92 Å². The van der Waals surface area contributed by atoms with Gasteiger partial charge in [-0.3, -0.25) is 9.78 Å². The van der Waals surface area contributed by atoms with Crippen LogP contribution >= 0.6 is 0 Å². The topological polar surface area (TPSA) is 58.2 Å². The molecule has 2 aromatic rings. The Labute approximate surface area is 117 Å². The monoisotopic (exact) mass is 271 g/mol. The lowest BCUT2D eigenvalue weighted by Crippen LogP contribution is -2.45. The number of morpholine rings is 1. The van der Waals surface area contributed by atoms with Crippen LogP contribution in [0.15, 0.2) is 41.6 Å². The van der Waals surface area contributed by atoms with Gasteiger partial charge in [0, 0.05) is 36.7 Å². The van der Waals surface area contributed by atoms with Crippen LogP contribution in [0.5, 0.6) is 0 Å². The van der Waals surface area contributed by atoms with Crippen molar-refractivity contribution in [2.24, 2.45) is 0 Å². The highest BCUT2D eigenvalue weighted by Crippen LogP contribution is 2.22. The van der Waals surface area contributed by atoms with E-state index in [1.807, 2.05) is 18.2 Å². The Morgan fingerprint density at radius 1 is 1.35 bits per heavy atom. The van der Waals surface area contributed by atoms with Gasteiger partial charge in [0.05, 0.1) is 13.2 Å². The Hall–Kier alpha value is -2.14. The average molecular weight is 271 g/mol. The van der Waals surface area contributed by atoms with Crippen LogP contribution < -0.4 is 10.5 Å². The van der Waals surface area contributed by atoms with Gasteiger partial charge in [-0.15, -0.1) is 0 Å². The first-order valence-electron chi connectivity index (χ1n) is 6.73. The Bertz CT molecular complexity index is 639. The van der Waals surface area contributed by atoms with Crippen molar-refractivity contribution in [1.29, 1.82) is 0 Å². The lowest BCUT2D eigenvalue weighted by Gasteiger charge is -2.34. The fourth-order valence-electron chi connectivity index (χ4n) is 2.48. The Kier molecular flexibility index (Phi) is 3.52. The van der Waals surface area contributed by atoms with Crippen LogP contribution in [0.2, 0.25) is 0 Å². The molecule has 0 aliphatic carbocycles. The molecular formula is C15H17N3O2. The number of nitrogens with one attached hydrogen (secondary N) is 1. The number of ether oxygens (including phenoxy) is 1. The van der Waals surface area contributed by atoms with E-state index in [2.05, 4.69) is 21.8 Å². The van der Waals surface area contributed by atoms with Gasteiger partial charge in [-0.05, 0) is 30.7 Å². The highest BCUT2D eigenvalue weighted by molar-refractivity contribution is 5.66. The summed E-state index contributed by atoms with van der Waals surface area (Å²) in [7, 11) is 0. The summed E-state index contributed by atoms with van der Waals surface area (Å²) >= 11 is 0. The number of rotatable bonds is 2. The molecule has 2 aromatic heterocycles. The first kappa shape index (κ1) is 12.9. The summed E-state index contributed by atoms with van der Waals surface area (Å²) in [4.78, 5) is 21.0. The van der Waals surface area contributed by atoms with Gasteiger partial charge in [0.2, 0.25) is 0 Å². The predicted molar refractivity (Wildman–Crippen MR) is 77.9 cm³/mol. The molecule has 0 amide bonds. The molecule has 3 heterocycles. The summed E-state index contributed by atoms with van der Waals surface area (Å²) in [6.07, 6.45) is 5.24. The van der Waals surface area contributed by atoms with E-state index < -0.39 is 0 Å². The zero-order valence-corrected chi connectivity index (χ0v) is 11.4. The van der Waals surface area contributed by atoms with E-state index in [-0.39, 0.29) is 11.6 Å². The van der Waals surface area contributed by atoms with Crippen molar-refractivity contribution >= 4 is 5.69 Å². The van der Waals surface area contributed by atoms with E-state index >= 15 is 0 Å². The normalized spacial score (nSPS) is 19.1. The second kappa shape index (κ2) is 5.46. The van der Waals surface area contributed by atoms with Crippen LogP contribution in [0.4, 0.5) is 5.69 Å². The van der Waals surface area contributed by atoms with Gasteiger partial charge < -0.3 is 14.6 Å². The molecule has 1 N–H and O–H groups in total. The summed E-state index contributed by atoms with van der Waals surface area (Å²) in [5.41, 5.74) is 2.67. The molecule has 0 saturated carbocycles. The molecular weight excluding hydrogens is 254 g/mol. The van der Waals surface area contributed by atoms with Gasteiger partial charge in [0.15, 0.2) is 0 Å². The van der Waals surface area contributed by atoms with Gasteiger partial charge >= 0.3 is 0 Å². The zero-order valence-electron chi connectivity index (χ0n) is 11.4. The maximum absolute atomic E-state index is 12.1. The predicted octanol–water partition coefficient (Wildman–Crippen LogP) is 1.66. The molecule has 1 aliphatic rings. The minimum atomic E-state index is -0.0587. The molecule has 5 heteroatoms. The maximum atomic E-state index is 12.1. The number of H-pyrrole nitrogens is 1. The van der Waals surface area contributed by atoms with Gasteiger partial charge in [-0.2, -0.15) is 0 Å². The number of hydrogen-bond donors (Lipinski definition) is 1. The number of anilines is 1. The SMILES string of the molecule is CC1COCCN1c1cc(-c2ccncc2)c[nH]c1=O. The van der Waals surface area contributed by atoms with Crippen LogP contribution in [0, 0.1) is 0 Å². The van der Waals surface area contributed by atoms with E-state index in [9.17, 15) is 4.79 Å². The summed E-state index contributed by atoms with van der Waals surface area (Å²) in [5, 5.41) is 0. The smallest absolute Gasteiger partial charge is 0.271 e. The van der Waals surface area contributed by atoms with E-state index in [1.165, 1.54) is 0 Å². The number of aromatic nitrogens is 2. The molecule has 0 radical (unpaired) electrons. The van der Waals surface area contributed by atoms with E-state index in [0.29, 0.717) is 18.9 Å². The third-order valence-corrected chi connectivity index (χ3v) is 3.57. The van der Waals surface area contributed by atoms with Crippen molar-refractivity contribution in [1.82, 2.24) is 9.97 Å². The first-order chi connectivity index (χ1) is 9.75. The minimum Gasteiger partial charge on any atom is -0.377 e. The molecule has 1 unspecified atom stereocenters. The largest absolute Gasteiger partial charge is 0.377 e. The van der Waals surface area contributed by atoms with Gasteiger partial charge in [-0.1, -0.05) is 0 Å².